The molecule has 0 amide bonds. The van der Waals surface area contributed by atoms with Gasteiger partial charge in [-0.15, -0.1) is 0 Å². The molecule has 1 aliphatic carbocycles. The lowest BCUT2D eigenvalue weighted by Crippen LogP contribution is -2.37. The van der Waals surface area contributed by atoms with Crippen LogP contribution in [0.2, 0.25) is 0 Å². The van der Waals surface area contributed by atoms with Crippen LogP contribution in [0.3, 0.4) is 0 Å². The number of hydrogen-bond acceptors (Lipinski definition) is 2. The Morgan fingerprint density at radius 2 is 1.92 bits per heavy atom. The molecule has 12 heavy (non-hydrogen) atoms. The third-order valence-corrected chi connectivity index (χ3v) is 2.61. The largest absolute Gasteiger partial charge is 0.393 e. The molecule has 0 aromatic heterocycles. The van der Waals surface area contributed by atoms with Crippen molar-refractivity contribution in [2.24, 2.45) is 10.8 Å². The minimum Gasteiger partial charge on any atom is -0.393 e. The maximum atomic E-state index is 9.56. The van der Waals surface area contributed by atoms with E-state index in [1.165, 1.54) is 0 Å². The van der Waals surface area contributed by atoms with Crippen LogP contribution in [-0.4, -0.2) is 11.2 Å². The molecule has 0 spiro atoms. The highest BCUT2D eigenvalue weighted by Gasteiger charge is 2.40. The Balaban J connectivity index is 2.78. The normalized spacial score (nSPS) is 40.4. The van der Waals surface area contributed by atoms with Crippen molar-refractivity contribution < 1.29 is 5.11 Å². The first-order chi connectivity index (χ1) is 5.37. The van der Waals surface area contributed by atoms with Gasteiger partial charge in [-0.2, -0.15) is 5.26 Å². The van der Waals surface area contributed by atoms with Gasteiger partial charge in [-0.05, 0) is 31.6 Å². The molecular weight excluding hydrogens is 150 g/mol. The Morgan fingerprint density at radius 1 is 1.33 bits per heavy atom. The molecule has 1 saturated carbocycles. The molecule has 2 heteroatoms. The van der Waals surface area contributed by atoms with Crippen molar-refractivity contribution in [1.82, 2.24) is 0 Å². The molecule has 1 N–H and O–H groups in total. The van der Waals surface area contributed by atoms with Gasteiger partial charge >= 0.3 is 0 Å². The molecule has 0 aromatic rings. The summed E-state index contributed by atoms with van der Waals surface area (Å²) in [7, 11) is 0. The van der Waals surface area contributed by atoms with Crippen LogP contribution in [0.25, 0.3) is 0 Å². The summed E-state index contributed by atoms with van der Waals surface area (Å²) in [6.07, 6.45) is 2.06. The van der Waals surface area contributed by atoms with E-state index in [0.717, 1.165) is 12.8 Å². The summed E-state index contributed by atoms with van der Waals surface area (Å²) in [5.74, 6) is 0. The topological polar surface area (TPSA) is 44.0 Å². The van der Waals surface area contributed by atoms with Crippen LogP contribution in [0.5, 0.6) is 0 Å². The van der Waals surface area contributed by atoms with E-state index in [2.05, 4.69) is 19.9 Å². The molecule has 2 nitrogen and oxygen atoms in total. The second-order valence-corrected chi connectivity index (χ2v) is 5.08. The number of aliphatic hydroxyl groups excluding tert-OH is 1. The standard InChI is InChI=1S/C10H17NO/c1-9(2)4-8(12)5-10(3,6-9)7-11/h8,12H,4-6H2,1-3H3/t8-,10+/m1/s1. The van der Waals surface area contributed by atoms with Crippen molar-refractivity contribution in [2.75, 3.05) is 0 Å². The smallest absolute Gasteiger partial charge is 0.0688 e. The van der Waals surface area contributed by atoms with E-state index >= 15 is 0 Å². The number of hydrogen-bond donors (Lipinski definition) is 1. The fourth-order valence-corrected chi connectivity index (χ4v) is 2.52. The van der Waals surface area contributed by atoms with E-state index < -0.39 is 0 Å². The van der Waals surface area contributed by atoms with Gasteiger partial charge in [-0.3, -0.25) is 0 Å². The lowest BCUT2D eigenvalue weighted by Gasteiger charge is -2.41. The highest BCUT2D eigenvalue weighted by Crippen LogP contribution is 2.45. The Morgan fingerprint density at radius 3 is 2.33 bits per heavy atom. The summed E-state index contributed by atoms with van der Waals surface area (Å²) in [5.41, 5.74) is -0.205. The SMILES string of the molecule is CC1(C)C[C@@H](O)C[C@](C)(C#N)C1. The molecular formula is C10H17NO. The monoisotopic (exact) mass is 167 g/mol. The van der Waals surface area contributed by atoms with Gasteiger partial charge in [-0.25, -0.2) is 0 Å². The van der Waals surface area contributed by atoms with Gasteiger partial charge in [0.15, 0.2) is 0 Å². The Hall–Kier alpha value is -0.550. The molecule has 1 fully saturated rings. The lowest BCUT2D eigenvalue weighted by molar-refractivity contribution is 0.0148. The molecule has 0 radical (unpaired) electrons. The molecule has 68 valence electrons. The zero-order valence-electron chi connectivity index (χ0n) is 8.09. The fourth-order valence-electron chi connectivity index (χ4n) is 2.52. The van der Waals surface area contributed by atoms with Crippen LogP contribution < -0.4 is 0 Å². The number of aliphatic hydroxyl groups is 1. The molecule has 1 aliphatic rings. The fraction of sp³-hybridized carbons (Fsp3) is 0.900. The Bertz CT molecular complexity index is 216. The van der Waals surface area contributed by atoms with Crippen molar-refractivity contribution >= 4 is 0 Å². The van der Waals surface area contributed by atoms with Gasteiger partial charge in [0.25, 0.3) is 0 Å². The average molecular weight is 167 g/mol. The highest BCUT2D eigenvalue weighted by atomic mass is 16.3. The van der Waals surface area contributed by atoms with Gasteiger partial charge < -0.3 is 5.11 Å². The van der Waals surface area contributed by atoms with E-state index in [0.29, 0.717) is 6.42 Å². The van der Waals surface area contributed by atoms with Crippen LogP contribution in [0.15, 0.2) is 0 Å². The summed E-state index contributed by atoms with van der Waals surface area (Å²) >= 11 is 0. The van der Waals surface area contributed by atoms with Crippen molar-refractivity contribution in [3.63, 3.8) is 0 Å². The second kappa shape index (κ2) is 2.74. The summed E-state index contributed by atoms with van der Waals surface area (Å²) in [6.45, 7) is 6.17. The van der Waals surface area contributed by atoms with Gasteiger partial charge in [0, 0.05) is 0 Å². The molecule has 0 saturated heterocycles. The van der Waals surface area contributed by atoms with Crippen LogP contribution >= 0.6 is 0 Å². The van der Waals surface area contributed by atoms with Crippen LogP contribution in [0.4, 0.5) is 0 Å². The minimum atomic E-state index is -0.318. The number of rotatable bonds is 0. The molecule has 0 bridgehead atoms. The van der Waals surface area contributed by atoms with Crippen molar-refractivity contribution in [1.29, 1.82) is 5.26 Å². The summed E-state index contributed by atoms with van der Waals surface area (Å²) in [4.78, 5) is 0. The van der Waals surface area contributed by atoms with Crippen molar-refractivity contribution in [2.45, 2.75) is 46.1 Å². The second-order valence-electron chi connectivity index (χ2n) is 5.08. The van der Waals surface area contributed by atoms with E-state index in [4.69, 9.17) is 5.26 Å². The van der Waals surface area contributed by atoms with Crippen LogP contribution in [0, 0.1) is 22.2 Å². The predicted molar refractivity (Wildman–Crippen MR) is 47.4 cm³/mol. The third-order valence-electron chi connectivity index (χ3n) is 2.61. The van der Waals surface area contributed by atoms with E-state index in [9.17, 15) is 5.11 Å². The number of nitriles is 1. The van der Waals surface area contributed by atoms with Crippen molar-refractivity contribution in [3.8, 4) is 6.07 Å². The summed E-state index contributed by atoms with van der Waals surface area (Å²) in [5, 5.41) is 18.5. The molecule has 0 unspecified atom stereocenters. The zero-order chi connectivity index (χ0) is 9.41. The molecule has 0 aromatic carbocycles. The maximum absolute atomic E-state index is 9.56. The van der Waals surface area contributed by atoms with Gasteiger partial charge in [-0.1, -0.05) is 13.8 Å². The van der Waals surface area contributed by atoms with E-state index in [1.54, 1.807) is 0 Å². The van der Waals surface area contributed by atoms with Crippen molar-refractivity contribution in [3.05, 3.63) is 0 Å². The first-order valence-electron chi connectivity index (χ1n) is 4.46. The highest BCUT2D eigenvalue weighted by molar-refractivity contribution is 5.03. The average Bonchev–Trinajstić information content (AvgIpc) is 1.82. The summed E-state index contributed by atoms with van der Waals surface area (Å²) < 4.78 is 0. The molecule has 2 atom stereocenters. The number of nitrogens with zero attached hydrogens (tertiary/aromatic N) is 1. The Kier molecular flexibility index (Phi) is 2.18. The van der Waals surface area contributed by atoms with Gasteiger partial charge in [0.1, 0.15) is 0 Å². The molecule has 0 heterocycles. The maximum Gasteiger partial charge on any atom is 0.0688 e. The van der Waals surface area contributed by atoms with Gasteiger partial charge in [0.05, 0.1) is 17.6 Å². The van der Waals surface area contributed by atoms with Gasteiger partial charge in [0.2, 0.25) is 0 Å². The first-order valence-corrected chi connectivity index (χ1v) is 4.46. The first kappa shape index (κ1) is 9.54. The van der Waals surface area contributed by atoms with E-state index in [-0.39, 0.29) is 16.9 Å². The molecule has 0 aliphatic heterocycles. The lowest BCUT2D eigenvalue weighted by atomic mass is 9.64. The summed E-state index contributed by atoms with van der Waals surface area (Å²) in [6, 6.07) is 2.31. The zero-order valence-corrected chi connectivity index (χ0v) is 8.09. The van der Waals surface area contributed by atoms with E-state index in [1.807, 2.05) is 6.92 Å². The predicted octanol–water partition coefficient (Wildman–Crippen LogP) is 2.09. The van der Waals surface area contributed by atoms with Crippen LogP contribution in [-0.2, 0) is 0 Å². The third kappa shape index (κ3) is 1.98. The Labute approximate surface area is 74.2 Å². The quantitative estimate of drug-likeness (QED) is 0.600. The minimum absolute atomic E-state index is 0.113. The molecule has 1 rings (SSSR count). The van der Waals surface area contributed by atoms with Crippen LogP contribution in [0.1, 0.15) is 40.0 Å².